The van der Waals surface area contributed by atoms with Crippen molar-refractivity contribution in [3.05, 3.63) is 43.0 Å². The lowest BCUT2D eigenvalue weighted by atomic mass is 9.97. The minimum absolute atomic E-state index is 0.00386. The fourth-order valence-corrected chi connectivity index (χ4v) is 9.58. The maximum Gasteiger partial charge on any atom is 0.459 e. The van der Waals surface area contributed by atoms with E-state index in [2.05, 4.69) is 35.0 Å². The van der Waals surface area contributed by atoms with E-state index in [4.69, 9.17) is 47.6 Å². The van der Waals surface area contributed by atoms with Gasteiger partial charge in [0.15, 0.2) is 46.4 Å². The molecule has 4 aromatic heterocycles. The molecule has 8 N–H and O–H groups in total. The zero-order valence-electron chi connectivity index (χ0n) is 38.7. The summed E-state index contributed by atoms with van der Waals surface area (Å²) in [5.74, 6) is 4.35. The SMILES string of the molecule is C#C[C@@]1(F)[C@H](O)[C@@H](CO)O[C@H]1n1cnc2c(N(C)C3CC3)nc(N)nc21.C#C[C@@]1(F)[C@H](O)[C@@H](COP(=O)(N[C@@H](C)C(=O)OC(C)C)Oc2ccccc2)O[C@H]1n1cnc2c(N(C)C3CC3)nc(N)nc21. The van der Waals surface area contributed by atoms with Crippen LogP contribution in [0.1, 0.15) is 58.9 Å². The van der Waals surface area contributed by atoms with Crippen molar-refractivity contribution in [2.24, 2.45) is 0 Å². The zero-order valence-corrected chi connectivity index (χ0v) is 39.6. The van der Waals surface area contributed by atoms with Gasteiger partial charge in [-0.3, -0.25) is 18.5 Å². The molecule has 10 atom stereocenters. The van der Waals surface area contributed by atoms with Gasteiger partial charge in [-0.1, -0.05) is 30.0 Å². The Hall–Kier alpha value is -6.28. The van der Waals surface area contributed by atoms with Crippen molar-refractivity contribution in [1.82, 2.24) is 44.1 Å². The number of nitrogens with one attached hydrogen (secondary N) is 1. The van der Waals surface area contributed by atoms with Crippen molar-refractivity contribution in [3.63, 3.8) is 0 Å². The van der Waals surface area contributed by atoms with Crippen LogP contribution in [0.5, 0.6) is 5.75 Å². The standard InChI is InChI=1S/C28H35FN7O7P.C16H19FN6O3/c1-6-28(29)22(37)20(14-40-44(39,43-19-10-8-7-9-11-19)34-17(4)25(38)41-16(2)3)42-26(28)36-15-31-21-23(35(5)18-12-13-18)32-27(30)33-24(21)36;1-3-16(17)11(25)9(6-24)26-14(16)23-7-19-10-12(22(2)8-4-5-8)20-15(18)21-13(10)23/h1,7-11,15-18,20,22,26,37H,12-14H2,2-5H3,(H,34,39)(H2,30,32,33);1,7-9,11,14,24-25H,4-6H2,2H3,(H2,18,20,21)/t17-,20+,22+,26+,28+,44?;9-,11-,14-,16-/m01/s1. The van der Waals surface area contributed by atoms with Crippen molar-refractivity contribution >= 4 is 59.6 Å². The van der Waals surface area contributed by atoms with Gasteiger partial charge in [-0.15, -0.1) is 12.8 Å². The molecule has 5 aromatic rings. The van der Waals surface area contributed by atoms with Crippen LogP contribution < -0.4 is 30.9 Å². The Bertz CT molecular complexity index is 2860. The second-order valence-corrected chi connectivity index (χ2v) is 19.3. The molecule has 1 aromatic carbocycles. The number of rotatable bonds is 16. The fraction of sp³-hybridized carbons (Fsp3) is 0.523. The first kappa shape index (κ1) is 50.1. The maximum atomic E-state index is 16.4. The molecule has 2 aliphatic heterocycles. The van der Waals surface area contributed by atoms with Gasteiger partial charge in [-0.25, -0.2) is 23.3 Å². The Labute approximate surface area is 400 Å². The number of nitrogens with two attached hydrogens (primary N) is 2. The van der Waals surface area contributed by atoms with Crippen LogP contribution in [0.3, 0.4) is 0 Å². The van der Waals surface area contributed by atoms with Crippen LogP contribution in [0, 0.1) is 24.7 Å². The number of anilines is 4. The number of nitrogen functional groups attached to an aromatic ring is 2. The molecule has 23 nitrogen and oxygen atoms in total. The van der Waals surface area contributed by atoms with Gasteiger partial charge in [0, 0.05) is 26.2 Å². The van der Waals surface area contributed by atoms with E-state index in [9.17, 15) is 24.7 Å². The van der Waals surface area contributed by atoms with Gasteiger partial charge in [-0.05, 0) is 58.6 Å². The zero-order chi connectivity index (χ0) is 50.4. The van der Waals surface area contributed by atoms with E-state index in [1.807, 2.05) is 35.7 Å². The highest BCUT2D eigenvalue weighted by molar-refractivity contribution is 7.52. The summed E-state index contributed by atoms with van der Waals surface area (Å²) in [5, 5.41) is 33.0. The number of aliphatic hydroxyl groups excluding tert-OH is 3. The number of terminal acetylenes is 2. The third-order valence-corrected chi connectivity index (χ3v) is 13.8. The molecule has 374 valence electrons. The minimum Gasteiger partial charge on any atom is -0.462 e. The van der Waals surface area contributed by atoms with Crippen molar-refractivity contribution in [2.75, 3.05) is 48.6 Å². The number of hydrogen-bond donors (Lipinski definition) is 6. The summed E-state index contributed by atoms with van der Waals surface area (Å²) < 4.78 is 75.8. The molecule has 6 heterocycles. The number of carbonyl (C=O) groups excluding carboxylic acids is 1. The lowest BCUT2D eigenvalue weighted by Crippen LogP contribution is -2.42. The molecule has 2 aliphatic carbocycles. The molecule has 4 aliphatic rings. The van der Waals surface area contributed by atoms with Crippen LogP contribution >= 0.6 is 7.75 Å². The maximum absolute atomic E-state index is 16.4. The smallest absolute Gasteiger partial charge is 0.459 e. The van der Waals surface area contributed by atoms with E-state index in [-0.39, 0.29) is 35.0 Å². The summed E-state index contributed by atoms with van der Waals surface area (Å²) in [5.41, 5.74) is 7.66. The third kappa shape index (κ3) is 9.63. The summed E-state index contributed by atoms with van der Waals surface area (Å²) in [6.45, 7) is 3.53. The molecule has 1 unspecified atom stereocenters. The highest BCUT2D eigenvalue weighted by Crippen LogP contribution is 2.49. The number of hydrogen-bond acceptors (Lipinski definition) is 20. The molecule has 0 radical (unpaired) electrons. The Balaban J connectivity index is 0.000000214. The number of ether oxygens (including phenoxy) is 3. The summed E-state index contributed by atoms with van der Waals surface area (Å²) in [7, 11) is -0.607. The van der Waals surface area contributed by atoms with Crippen LogP contribution in [0.15, 0.2) is 43.0 Å². The van der Waals surface area contributed by atoms with Gasteiger partial charge in [0.2, 0.25) is 23.2 Å². The van der Waals surface area contributed by atoms with Gasteiger partial charge < -0.3 is 55.3 Å². The van der Waals surface area contributed by atoms with Crippen LogP contribution in [-0.4, -0.2) is 148 Å². The minimum atomic E-state index is -4.35. The van der Waals surface area contributed by atoms with Crippen molar-refractivity contribution in [2.45, 2.75) is 119 Å². The third-order valence-electron chi connectivity index (χ3n) is 12.2. The lowest BCUT2D eigenvalue weighted by molar-refractivity contribution is -0.149. The molecule has 0 bridgehead atoms. The Kier molecular flexibility index (Phi) is 14.0. The number of imidazole rings is 2. The van der Waals surface area contributed by atoms with Crippen molar-refractivity contribution in [1.29, 1.82) is 0 Å². The lowest BCUT2D eigenvalue weighted by Gasteiger charge is -2.25. The van der Waals surface area contributed by atoms with Crippen LogP contribution in [0.4, 0.5) is 32.3 Å². The molecule has 4 fully saturated rings. The molecular formula is C44H54F2N13O10P. The summed E-state index contributed by atoms with van der Waals surface area (Å²) >= 11 is 0. The Morgan fingerprint density at radius 3 is 1.79 bits per heavy atom. The van der Waals surface area contributed by atoms with E-state index in [1.54, 1.807) is 32.0 Å². The number of alkyl halides is 2. The van der Waals surface area contributed by atoms with E-state index in [1.165, 1.54) is 40.8 Å². The molecule has 70 heavy (non-hydrogen) atoms. The second-order valence-electron chi connectivity index (χ2n) is 17.6. The molecule has 2 saturated heterocycles. The van der Waals surface area contributed by atoms with Crippen LogP contribution in [0.25, 0.3) is 22.3 Å². The summed E-state index contributed by atoms with van der Waals surface area (Å²) in [6, 6.07) is 7.59. The molecule has 26 heteroatoms. The average molecular weight is 994 g/mol. The average Bonchev–Trinajstić information content (AvgIpc) is 4.25. The number of aliphatic hydroxyl groups is 3. The molecule has 2 saturated carbocycles. The molecule has 0 amide bonds. The van der Waals surface area contributed by atoms with Gasteiger partial charge in [0.25, 0.3) is 0 Å². The van der Waals surface area contributed by atoms with Gasteiger partial charge in [0.1, 0.15) is 36.2 Å². The first-order valence-electron chi connectivity index (χ1n) is 22.3. The normalized spacial score (nSPS) is 27.6. The summed E-state index contributed by atoms with van der Waals surface area (Å²) in [6.07, 6.45) is 7.92. The Morgan fingerprint density at radius 1 is 0.871 bits per heavy atom. The quantitative estimate of drug-likeness (QED) is 0.0470. The highest BCUT2D eigenvalue weighted by atomic mass is 31.2. The molecule has 9 rings (SSSR count). The van der Waals surface area contributed by atoms with E-state index in [0.29, 0.717) is 28.7 Å². The molecule has 0 spiro atoms. The first-order valence-corrected chi connectivity index (χ1v) is 23.8. The second kappa shape index (κ2) is 19.5. The van der Waals surface area contributed by atoms with Crippen molar-refractivity contribution in [3.8, 4) is 30.4 Å². The highest BCUT2D eigenvalue weighted by Gasteiger charge is 2.59. The van der Waals surface area contributed by atoms with Gasteiger partial charge >= 0.3 is 13.7 Å². The predicted molar refractivity (Wildman–Crippen MR) is 249 cm³/mol. The number of esters is 1. The fourth-order valence-electron chi connectivity index (χ4n) is 8.08. The summed E-state index contributed by atoms with van der Waals surface area (Å²) in [4.78, 5) is 42.0. The predicted octanol–water partition coefficient (Wildman–Crippen LogP) is 2.34. The monoisotopic (exact) mass is 993 g/mol. The number of halogens is 2. The van der Waals surface area contributed by atoms with E-state index >= 15 is 8.78 Å². The number of fused-ring (bicyclic) bond motifs is 2. The number of para-hydroxylation sites is 1. The van der Waals surface area contributed by atoms with Crippen molar-refractivity contribution < 1.29 is 56.7 Å². The van der Waals surface area contributed by atoms with Gasteiger partial charge in [0.05, 0.1) is 32.0 Å². The number of benzene rings is 1. The number of aromatic nitrogens is 8. The van der Waals surface area contributed by atoms with Crippen LogP contribution in [0.2, 0.25) is 0 Å². The first-order chi connectivity index (χ1) is 33.2. The largest absolute Gasteiger partial charge is 0.462 e. The topological polar surface area (TPSA) is 299 Å². The van der Waals surface area contributed by atoms with E-state index < -0.39 is 87.3 Å². The Morgan fingerprint density at radius 2 is 1.34 bits per heavy atom. The number of carbonyl (C=O) groups is 1. The van der Waals surface area contributed by atoms with Gasteiger partial charge in [-0.2, -0.15) is 25.0 Å². The van der Waals surface area contributed by atoms with Crippen LogP contribution in [-0.2, 0) is 28.1 Å². The molecular weight excluding hydrogens is 940 g/mol. The van der Waals surface area contributed by atoms with E-state index in [0.717, 1.165) is 25.7 Å². The number of nitrogens with zero attached hydrogens (tertiary/aromatic N) is 10.